The van der Waals surface area contributed by atoms with Crippen molar-refractivity contribution in [3.05, 3.63) is 26.5 Å². The topological polar surface area (TPSA) is 50.8 Å². The predicted molar refractivity (Wildman–Crippen MR) is 83.8 cm³/mol. The molecule has 0 amide bonds. The van der Waals surface area contributed by atoms with Crippen LogP contribution in [0.2, 0.25) is 0 Å². The van der Waals surface area contributed by atoms with E-state index in [0.717, 1.165) is 24.5 Å². The van der Waals surface area contributed by atoms with E-state index < -0.39 is 0 Å². The zero-order valence-corrected chi connectivity index (χ0v) is 13.9. The number of fused-ring (bicyclic) bond motifs is 1. The van der Waals surface area contributed by atoms with Crippen LogP contribution in [0.15, 0.2) is 26.5 Å². The third kappa shape index (κ3) is 2.54. The van der Waals surface area contributed by atoms with Crippen LogP contribution < -0.4 is 4.74 Å². The first-order chi connectivity index (χ1) is 9.17. The Bertz CT molecular complexity index is 718. The Morgan fingerprint density at radius 3 is 2.84 bits per heavy atom. The van der Waals surface area contributed by atoms with E-state index in [9.17, 15) is 0 Å². The Kier molecular flexibility index (Phi) is 3.60. The molecule has 0 spiro atoms. The Morgan fingerprint density at radius 1 is 1.32 bits per heavy atom. The molecular formula is C12H9Br2N3OS. The lowest BCUT2D eigenvalue weighted by Gasteiger charge is -1.99. The Hall–Kier alpha value is -0.920. The highest BCUT2D eigenvalue weighted by atomic mass is 79.9. The largest absolute Gasteiger partial charge is 0.478 e. The minimum absolute atomic E-state index is 0.598. The van der Waals surface area contributed by atoms with Crippen molar-refractivity contribution in [1.82, 2.24) is 15.0 Å². The van der Waals surface area contributed by atoms with E-state index in [-0.39, 0.29) is 0 Å². The Morgan fingerprint density at radius 2 is 2.16 bits per heavy atom. The van der Waals surface area contributed by atoms with Gasteiger partial charge < -0.3 is 9.72 Å². The molecule has 0 aromatic carbocycles. The van der Waals surface area contributed by atoms with E-state index in [0.29, 0.717) is 18.1 Å². The quantitative estimate of drug-likeness (QED) is 0.695. The number of ether oxygens (including phenoxy) is 1. The van der Waals surface area contributed by atoms with Crippen LogP contribution in [0.4, 0.5) is 0 Å². The summed E-state index contributed by atoms with van der Waals surface area (Å²) in [6, 6.07) is 5.80. The van der Waals surface area contributed by atoms with Crippen LogP contribution in [0.3, 0.4) is 0 Å². The van der Waals surface area contributed by atoms with Gasteiger partial charge in [0.25, 0.3) is 0 Å². The molecule has 3 heterocycles. The number of imidazole rings is 1. The molecule has 98 valence electrons. The van der Waals surface area contributed by atoms with Crippen LogP contribution in [0.5, 0.6) is 5.88 Å². The highest BCUT2D eigenvalue weighted by Crippen LogP contribution is 2.37. The molecule has 0 aliphatic heterocycles. The van der Waals surface area contributed by atoms with Crippen molar-refractivity contribution in [3.63, 3.8) is 0 Å². The summed E-state index contributed by atoms with van der Waals surface area (Å²) in [5.74, 6) is 1.41. The molecule has 3 aromatic rings. The lowest BCUT2D eigenvalue weighted by atomic mass is 10.4. The molecule has 3 aromatic heterocycles. The molecule has 0 aliphatic rings. The van der Waals surface area contributed by atoms with Gasteiger partial charge in [-0.25, -0.2) is 4.98 Å². The minimum Gasteiger partial charge on any atom is -0.478 e. The molecule has 1 N–H and O–H groups in total. The first kappa shape index (κ1) is 13.1. The van der Waals surface area contributed by atoms with E-state index in [4.69, 9.17) is 4.74 Å². The number of hydrogen-bond donors (Lipinski definition) is 1. The van der Waals surface area contributed by atoms with Gasteiger partial charge in [-0.2, -0.15) is 4.98 Å². The maximum Gasteiger partial charge on any atom is 0.215 e. The third-order valence-electron chi connectivity index (χ3n) is 2.49. The molecule has 19 heavy (non-hydrogen) atoms. The zero-order chi connectivity index (χ0) is 13.4. The maximum absolute atomic E-state index is 5.37. The number of H-pyrrole nitrogens is 1. The van der Waals surface area contributed by atoms with Crippen LogP contribution in [-0.4, -0.2) is 21.6 Å². The number of pyridine rings is 1. The summed E-state index contributed by atoms with van der Waals surface area (Å²) in [7, 11) is 0. The van der Waals surface area contributed by atoms with E-state index in [1.807, 2.05) is 25.1 Å². The van der Waals surface area contributed by atoms with Crippen molar-refractivity contribution >= 4 is 54.4 Å². The highest BCUT2D eigenvalue weighted by molar-refractivity contribution is 9.13. The van der Waals surface area contributed by atoms with Gasteiger partial charge in [0.15, 0.2) is 11.5 Å². The number of thiophene rings is 1. The van der Waals surface area contributed by atoms with Gasteiger partial charge in [0.1, 0.15) is 0 Å². The predicted octanol–water partition coefficient (Wildman–Crippen LogP) is 4.61. The van der Waals surface area contributed by atoms with Gasteiger partial charge in [-0.3, -0.25) is 0 Å². The SMILES string of the molecule is CCOc1ccc2[nH]c(-c3cc(Br)c(Br)s3)nc2n1. The standard InChI is InChI=1S/C12H9Br2N3OS/c1-2-18-9-4-3-7-11(16-9)17-12(15-7)8-5-6(13)10(14)19-8/h3-5H,2H2,1H3,(H,15,16,17). The number of aromatic amines is 1. The first-order valence-corrected chi connectivity index (χ1v) is 8.02. The van der Waals surface area contributed by atoms with Crippen molar-refractivity contribution in [1.29, 1.82) is 0 Å². The summed E-state index contributed by atoms with van der Waals surface area (Å²) in [6.07, 6.45) is 0. The average Bonchev–Trinajstić information content (AvgIpc) is 2.94. The zero-order valence-electron chi connectivity index (χ0n) is 9.91. The molecule has 4 nitrogen and oxygen atoms in total. The van der Waals surface area contributed by atoms with E-state index >= 15 is 0 Å². The lowest BCUT2D eigenvalue weighted by Crippen LogP contribution is -1.93. The number of aromatic nitrogens is 3. The van der Waals surface area contributed by atoms with Gasteiger partial charge in [-0.1, -0.05) is 0 Å². The molecule has 0 bridgehead atoms. The smallest absolute Gasteiger partial charge is 0.215 e. The normalized spacial score (nSPS) is 11.1. The molecule has 0 radical (unpaired) electrons. The Balaban J connectivity index is 2.05. The Labute approximate surface area is 130 Å². The molecule has 0 unspecified atom stereocenters. The molecule has 0 aliphatic carbocycles. The fraction of sp³-hybridized carbons (Fsp3) is 0.167. The van der Waals surface area contributed by atoms with Crippen molar-refractivity contribution in [2.24, 2.45) is 0 Å². The summed E-state index contributed by atoms with van der Waals surface area (Å²) in [5.41, 5.74) is 1.57. The van der Waals surface area contributed by atoms with Gasteiger partial charge in [0, 0.05) is 10.5 Å². The number of nitrogens with one attached hydrogen (secondary N) is 1. The minimum atomic E-state index is 0.598. The third-order valence-corrected chi connectivity index (χ3v) is 5.75. The number of hydrogen-bond acceptors (Lipinski definition) is 4. The van der Waals surface area contributed by atoms with Crippen molar-refractivity contribution in [2.75, 3.05) is 6.61 Å². The molecular weight excluding hydrogens is 394 g/mol. The van der Waals surface area contributed by atoms with E-state index in [2.05, 4.69) is 46.8 Å². The molecule has 0 fully saturated rings. The van der Waals surface area contributed by atoms with Crippen molar-refractivity contribution < 1.29 is 4.74 Å². The van der Waals surface area contributed by atoms with Crippen LogP contribution in [0, 0.1) is 0 Å². The maximum atomic E-state index is 5.37. The van der Waals surface area contributed by atoms with Crippen molar-refractivity contribution in [3.8, 4) is 16.6 Å². The first-order valence-electron chi connectivity index (χ1n) is 5.62. The summed E-state index contributed by atoms with van der Waals surface area (Å²) < 4.78 is 7.45. The molecule has 7 heteroatoms. The second kappa shape index (κ2) is 5.22. The summed E-state index contributed by atoms with van der Waals surface area (Å²) in [4.78, 5) is 13.2. The second-order valence-corrected chi connectivity index (χ2v) is 7.00. The van der Waals surface area contributed by atoms with Crippen LogP contribution in [-0.2, 0) is 0 Å². The number of halogens is 2. The summed E-state index contributed by atoms with van der Waals surface area (Å²) in [5, 5.41) is 0. The summed E-state index contributed by atoms with van der Waals surface area (Å²) in [6.45, 7) is 2.53. The summed E-state index contributed by atoms with van der Waals surface area (Å²) >= 11 is 8.57. The average molecular weight is 403 g/mol. The second-order valence-electron chi connectivity index (χ2n) is 3.77. The molecule has 0 saturated heterocycles. The van der Waals surface area contributed by atoms with Crippen LogP contribution >= 0.6 is 43.2 Å². The van der Waals surface area contributed by atoms with Gasteiger partial charge in [0.2, 0.25) is 5.88 Å². The van der Waals surface area contributed by atoms with Crippen LogP contribution in [0.25, 0.3) is 21.9 Å². The number of nitrogens with zero attached hydrogens (tertiary/aromatic N) is 2. The molecule has 0 saturated carbocycles. The molecule has 3 rings (SSSR count). The molecule has 0 atom stereocenters. The van der Waals surface area contributed by atoms with E-state index in [1.165, 1.54) is 0 Å². The van der Waals surface area contributed by atoms with E-state index in [1.54, 1.807) is 11.3 Å². The monoisotopic (exact) mass is 401 g/mol. The fourth-order valence-corrected chi connectivity index (χ4v) is 3.66. The van der Waals surface area contributed by atoms with Crippen molar-refractivity contribution in [2.45, 2.75) is 6.92 Å². The van der Waals surface area contributed by atoms with Gasteiger partial charge in [-0.05, 0) is 50.9 Å². The highest BCUT2D eigenvalue weighted by Gasteiger charge is 2.11. The van der Waals surface area contributed by atoms with Gasteiger partial charge in [0.05, 0.1) is 20.8 Å². The number of rotatable bonds is 3. The van der Waals surface area contributed by atoms with Gasteiger partial charge >= 0.3 is 0 Å². The van der Waals surface area contributed by atoms with Gasteiger partial charge in [-0.15, -0.1) is 11.3 Å². The fourth-order valence-electron chi connectivity index (χ4n) is 1.68. The lowest BCUT2D eigenvalue weighted by molar-refractivity contribution is 0.328. The van der Waals surface area contributed by atoms with Crippen LogP contribution in [0.1, 0.15) is 6.92 Å².